The zero-order valence-electron chi connectivity index (χ0n) is 35.1. The summed E-state index contributed by atoms with van der Waals surface area (Å²) in [5, 5.41) is 4.62. The lowest BCUT2D eigenvalue weighted by Gasteiger charge is -2.17. The molecule has 0 aliphatic carbocycles. The number of hydrogen-bond acceptors (Lipinski definition) is 6. The predicted octanol–water partition coefficient (Wildman–Crippen LogP) is 13.2. The molecule has 12 rings (SSSR count). The van der Waals surface area contributed by atoms with Gasteiger partial charge in [-0.2, -0.15) is 0 Å². The van der Waals surface area contributed by atoms with Crippen LogP contribution in [0, 0.1) is 13.8 Å². The second-order valence-electron chi connectivity index (χ2n) is 16.0. The minimum Gasteiger partial charge on any atom is -0.309 e. The summed E-state index contributed by atoms with van der Waals surface area (Å²) in [6.45, 7) is 3.81. The van der Waals surface area contributed by atoms with Crippen molar-refractivity contribution in [2.45, 2.75) is 13.8 Å². The summed E-state index contributed by atoms with van der Waals surface area (Å²) in [7, 11) is 0. The number of nitrogens with zero attached hydrogens (tertiary/aromatic N) is 8. The Morgan fingerprint density at radius 1 is 0.297 bits per heavy atom. The van der Waals surface area contributed by atoms with Crippen LogP contribution in [0.15, 0.2) is 194 Å². The van der Waals surface area contributed by atoms with Crippen molar-refractivity contribution in [1.82, 2.24) is 39.0 Å². The molecule has 0 spiro atoms. The number of benzene rings is 8. The minimum atomic E-state index is 0.567. The Kier molecular flexibility index (Phi) is 8.76. The molecule has 8 nitrogen and oxygen atoms in total. The average Bonchev–Trinajstić information content (AvgIpc) is 3.86. The van der Waals surface area contributed by atoms with Crippen LogP contribution in [0.3, 0.4) is 0 Å². The third-order valence-corrected chi connectivity index (χ3v) is 12.0. The van der Waals surface area contributed by atoms with Crippen LogP contribution in [0.5, 0.6) is 0 Å². The second-order valence-corrected chi connectivity index (χ2v) is 16.0. The predicted molar refractivity (Wildman–Crippen MR) is 259 cm³/mol. The molecule has 0 unspecified atom stereocenters. The van der Waals surface area contributed by atoms with E-state index < -0.39 is 0 Å². The van der Waals surface area contributed by atoms with Gasteiger partial charge in [0.1, 0.15) is 11.6 Å². The van der Waals surface area contributed by atoms with Gasteiger partial charge < -0.3 is 9.13 Å². The molecular weight excluding hydrogens is 785 g/mol. The maximum atomic E-state index is 5.31. The van der Waals surface area contributed by atoms with Gasteiger partial charge in [-0.1, -0.05) is 140 Å². The highest BCUT2D eigenvalue weighted by Crippen LogP contribution is 2.41. The summed E-state index contributed by atoms with van der Waals surface area (Å²) < 4.78 is 4.68. The van der Waals surface area contributed by atoms with Crippen molar-refractivity contribution in [2.75, 3.05) is 0 Å². The van der Waals surface area contributed by atoms with E-state index >= 15 is 0 Å². The van der Waals surface area contributed by atoms with Gasteiger partial charge in [-0.25, -0.2) is 29.9 Å². The molecule has 302 valence electrons. The van der Waals surface area contributed by atoms with Gasteiger partial charge >= 0.3 is 0 Å². The highest BCUT2D eigenvalue weighted by atomic mass is 15.1. The fraction of sp³-hybridized carbons (Fsp3) is 0.0357. The van der Waals surface area contributed by atoms with Gasteiger partial charge in [0, 0.05) is 49.5 Å². The van der Waals surface area contributed by atoms with E-state index in [4.69, 9.17) is 24.9 Å². The fourth-order valence-electron chi connectivity index (χ4n) is 9.14. The number of para-hydroxylation sites is 3. The number of hydrogen-bond donors (Lipinski definition) is 0. The summed E-state index contributed by atoms with van der Waals surface area (Å²) in [5.41, 5.74) is 12.2. The van der Waals surface area contributed by atoms with E-state index in [1.807, 2.05) is 74.5 Å². The summed E-state index contributed by atoms with van der Waals surface area (Å²) in [4.78, 5) is 29.7. The first kappa shape index (κ1) is 37.2. The van der Waals surface area contributed by atoms with Gasteiger partial charge in [0.25, 0.3) is 0 Å². The molecule has 0 atom stereocenters. The van der Waals surface area contributed by atoms with Crippen molar-refractivity contribution >= 4 is 43.6 Å². The van der Waals surface area contributed by atoms with Crippen molar-refractivity contribution in [1.29, 1.82) is 0 Å². The van der Waals surface area contributed by atoms with Crippen molar-refractivity contribution < 1.29 is 0 Å². The molecule has 8 aromatic carbocycles. The van der Waals surface area contributed by atoms with E-state index in [9.17, 15) is 0 Å². The van der Waals surface area contributed by atoms with Crippen LogP contribution in [0.4, 0.5) is 0 Å². The quantitative estimate of drug-likeness (QED) is 0.159. The maximum Gasteiger partial charge on any atom is 0.166 e. The van der Waals surface area contributed by atoms with Crippen LogP contribution < -0.4 is 0 Å². The molecule has 64 heavy (non-hydrogen) atoms. The van der Waals surface area contributed by atoms with Crippen LogP contribution >= 0.6 is 0 Å². The van der Waals surface area contributed by atoms with Crippen LogP contribution in [0.25, 0.3) is 112 Å². The number of aryl methyl sites for hydroxylation is 2. The molecule has 0 aliphatic heterocycles. The Morgan fingerprint density at radius 3 is 1.45 bits per heavy atom. The van der Waals surface area contributed by atoms with E-state index in [1.54, 1.807) is 0 Å². The lowest BCUT2D eigenvalue weighted by Crippen LogP contribution is -2.04. The topological polar surface area (TPSA) is 87.2 Å². The number of rotatable bonds is 7. The first-order valence-corrected chi connectivity index (χ1v) is 21.4. The van der Waals surface area contributed by atoms with Crippen molar-refractivity contribution in [3.05, 3.63) is 206 Å². The molecule has 0 radical (unpaired) electrons. The lowest BCUT2D eigenvalue weighted by molar-refractivity contribution is 0.928. The summed E-state index contributed by atoms with van der Waals surface area (Å²) in [6, 6.07) is 68.0. The van der Waals surface area contributed by atoms with Crippen LogP contribution in [-0.4, -0.2) is 39.0 Å². The highest BCUT2D eigenvalue weighted by Gasteiger charge is 2.22. The second kappa shape index (κ2) is 15.1. The molecule has 0 aliphatic rings. The molecule has 0 saturated heterocycles. The van der Waals surface area contributed by atoms with Gasteiger partial charge in [0.05, 0.1) is 27.8 Å². The van der Waals surface area contributed by atoms with Gasteiger partial charge in [-0.15, -0.1) is 0 Å². The van der Waals surface area contributed by atoms with E-state index in [0.29, 0.717) is 34.9 Å². The normalized spacial score (nSPS) is 11.6. The van der Waals surface area contributed by atoms with Crippen LogP contribution in [0.1, 0.15) is 11.6 Å². The molecule has 0 bridgehead atoms. The first-order valence-electron chi connectivity index (χ1n) is 21.4. The van der Waals surface area contributed by atoms with Crippen molar-refractivity contribution in [2.24, 2.45) is 0 Å². The zero-order chi connectivity index (χ0) is 42.7. The van der Waals surface area contributed by atoms with Gasteiger partial charge in [-0.05, 0) is 79.6 Å². The molecule has 4 heterocycles. The van der Waals surface area contributed by atoms with Crippen molar-refractivity contribution in [3.8, 4) is 68.1 Å². The average molecular weight is 823 g/mol. The minimum absolute atomic E-state index is 0.567. The molecule has 4 aromatic heterocycles. The standard InChI is InChI=1S/C56H38N8/c1-35-57-36(2)59-55(58-35)41-26-29-45-43-22-12-15-25-49(43)64(52(45)34-41)51-31-28-40(39-27-30-50-46(32-39)44-23-13-14-24-48(44)63(50)42-20-10-5-11-21-42)33-47(51)56-61-53(37-16-6-3-7-17-37)60-54(62-56)38-18-8-4-9-19-38/h3-34H,1-2H3. The molecule has 0 fully saturated rings. The Labute approximate surface area is 368 Å². The largest absolute Gasteiger partial charge is 0.309 e. The Bertz CT molecular complexity index is 3670. The molecule has 0 N–H and O–H groups in total. The Morgan fingerprint density at radius 2 is 0.781 bits per heavy atom. The highest BCUT2D eigenvalue weighted by molar-refractivity contribution is 6.12. The summed E-state index contributed by atoms with van der Waals surface area (Å²) >= 11 is 0. The molecule has 0 amide bonds. The van der Waals surface area contributed by atoms with E-state index in [2.05, 4.69) is 148 Å². The summed E-state index contributed by atoms with van der Waals surface area (Å²) in [6.07, 6.45) is 0. The van der Waals surface area contributed by atoms with Crippen LogP contribution in [-0.2, 0) is 0 Å². The maximum absolute atomic E-state index is 5.31. The molecule has 12 aromatic rings. The van der Waals surface area contributed by atoms with Crippen LogP contribution in [0.2, 0.25) is 0 Å². The van der Waals surface area contributed by atoms with Gasteiger partial charge in [0.15, 0.2) is 23.3 Å². The zero-order valence-corrected chi connectivity index (χ0v) is 35.1. The van der Waals surface area contributed by atoms with E-state index in [0.717, 1.165) is 77.6 Å². The smallest absolute Gasteiger partial charge is 0.166 e. The summed E-state index contributed by atoms with van der Waals surface area (Å²) in [5.74, 6) is 3.77. The Hall–Kier alpha value is -8.62. The number of fused-ring (bicyclic) bond motifs is 6. The lowest BCUT2D eigenvalue weighted by atomic mass is 9.99. The monoisotopic (exact) mass is 822 g/mol. The molecular formula is C56H38N8. The van der Waals surface area contributed by atoms with E-state index in [-0.39, 0.29) is 0 Å². The third kappa shape index (κ3) is 6.31. The Balaban J connectivity index is 1.14. The molecule has 8 heteroatoms. The SMILES string of the molecule is Cc1nc(C)nc(-c2ccc3c4ccccc4n(-c4ccc(-c5ccc6c(c5)c5ccccc5n6-c5ccccc5)cc4-c4nc(-c5ccccc5)nc(-c5ccccc5)n4)c3c2)n1. The number of aromatic nitrogens is 8. The molecule has 0 saturated carbocycles. The van der Waals surface area contributed by atoms with E-state index in [1.165, 1.54) is 10.8 Å². The van der Waals surface area contributed by atoms with Gasteiger partial charge in [-0.3, -0.25) is 0 Å². The third-order valence-electron chi connectivity index (χ3n) is 12.0. The fourth-order valence-corrected chi connectivity index (χ4v) is 9.14. The first-order chi connectivity index (χ1) is 31.5. The van der Waals surface area contributed by atoms with Gasteiger partial charge in [0.2, 0.25) is 0 Å². The van der Waals surface area contributed by atoms with Crippen molar-refractivity contribution in [3.63, 3.8) is 0 Å².